The van der Waals surface area contributed by atoms with E-state index in [4.69, 9.17) is 4.74 Å². The highest BCUT2D eigenvalue weighted by atomic mass is 19.1. The normalized spacial score (nSPS) is 14.3. The van der Waals surface area contributed by atoms with Crippen molar-refractivity contribution in [2.45, 2.75) is 52.4 Å². The van der Waals surface area contributed by atoms with Crippen molar-refractivity contribution >= 4 is 11.8 Å². The number of hydrogen-bond acceptors (Lipinski definition) is 4. The Morgan fingerprint density at radius 2 is 1.51 bits per heavy atom. The second kappa shape index (κ2) is 13.4. The number of carbonyl (C=O) groups excluding carboxylic acids is 2. The number of piperidine rings is 1. The second-order valence-corrected chi connectivity index (χ2v) is 10.5. The summed E-state index contributed by atoms with van der Waals surface area (Å²) in [5, 5.41) is 2.95. The van der Waals surface area contributed by atoms with Crippen molar-refractivity contribution in [3.8, 4) is 5.75 Å². The van der Waals surface area contributed by atoms with Gasteiger partial charge >= 0.3 is 0 Å². The molecule has 6 nitrogen and oxygen atoms in total. The lowest BCUT2D eigenvalue weighted by Gasteiger charge is -2.39. The van der Waals surface area contributed by atoms with Crippen LogP contribution in [0, 0.1) is 11.7 Å². The molecule has 1 aliphatic heterocycles. The summed E-state index contributed by atoms with van der Waals surface area (Å²) < 4.78 is 18.4. The number of rotatable bonds is 10. The molecule has 0 saturated carbocycles. The molecule has 0 radical (unpaired) electrons. The molecule has 206 valence electrons. The first-order valence-corrected chi connectivity index (χ1v) is 13.6. The summed E-state index contributed by atoms with van der Waals surface area (Å²) in [4.78, 5) is 30.2. The number of nitrogens with zero attached hydrogens (tertiary/aromatic N) is 2. The van der Waals surface area contributed by atoms with Gasteiger partial charge in [0.25, 0.3) is 5.91 Å². The molecule has 7 heteroatoms. The Balaban J connectivity index is 1.33. The summed E-state index contributed by atoms with van der Waals surface area (Å²) in [5.41, 5.74) is 3.68. The number of methoxy groups -OCH3 is 1. The van der Waals surface area contributed by atoms with Gasteiger partial charge in [0.1, 0.15) is 11.6 Å². The molecule has 1 heterocycles. The fourth-order valence-electron chi connectivity index (χ4n) is 4.94. The smallest absolute Gasteiger partial charge is 0.251 e. The number of benzene rings is 3. The summed E-state index contributed by atoms with van der Waals surface area (Å²) in [5.74, 6) is 0.475. The van der Waals surface area contributed by atoms with Gasteiger partial charge in [0.05, 0.1) is 7.11 Å². The third-order valence-corrected chi connectivity index (χ3v) is 7.28. The molecule has 1 fully saturated rings. The first-order valence-electron chi connectivity index (χ1n) is 13.6. The van der Waals surface area contributed by atoms with Crippen molar-refractivity contribution in [1.82, 2.24) is 15.1 Å². The molecule has 1 saturated heterocycles. The highest BCUT2D eigenvalue weighted by Gasteiger charge is 2.29. The number of carbonyl (C=O) groups is 2. The molecule has 0 aromatic heterocycles. The lowest BCUT2D eigenvalue weighted by Crippen LogP contribution is -2.48. The van der Waals surface area contributed by atoms with E-state index in [0.29, 0.717) is 18.7 Å². The van der Waals surface area contributed by atoms with Crippen LogP contribution < -0.4 is 10.1 Å². The summed E-state index contributed by atoms with van der Waals surface area (Å²) in [6, 6.07) is 21.9. The number of ether oxygens (including phenoxy) is 1. The van der Waals surface area contributed by atoms with E-state index in [9.17, 15) is 14.0 Å². The van der Waals surface area contributed by atoms with Gasteiger partial charge < -0.3 is 15.0 Å². The van der Waals surface area contributed by atoms with Crippen molar-refractivity contribution in [3.05, 3.63) is 101 Å². The maximum atomic E-state index is 13.2. The van der Waals surface area contributed by atoms with E-state index < -0.39 is 0 Å². The Bertz CT molecular complexity index is 1220. The average Bonchev–Trinajstić information content (AvgIpc) is 2.96. The van der Waals surface area contributed by atoms with Gasteiger partial charge in [-0.15, -0.1) is 0 Å². The molecule has 0 unspecified atom stereocenters. The molecule has 2 amide bonds. The minimum Gasteiger partial charge on any atom is -0.497 e. The number of hydrogen-bond donors (Lipinski definition) is 1. The van der Waals surface area contributed by atoms with Crippen LogP contribution in [-0.4, -0.2) is 47.9 Å². The van der Waals surface area contributed by atoms with E-state index >= 15 is 0 Å². The lowest BCUT2D eigenvalue weighted by atomic mass is 9.99. The molecule has 3 aromatic rings. The Kier molecular flexibility index (Phi) is 9.71. The molecule has 0 bridgehead atoms. The zero-order valence-electron chi connectivity index (χ0n) is 23.0. The first-order chi connectivity index (χ1) is 18.8. The quantitative estimate of drug-likeness (QED) is 0.380. The average molecular weight is 532 g/mol. The molecule has 0 atom stereocenters. The molecule has 1 N–H and O–H groups in total. The van der Waals surface area contributed by atoms with Crippen LogP contribution in [0.5, 0.6) is 5.75 Å². The lowest BCUT2D eigenvalue weighted by molar-refractivity contribution is -0.138. The number of amides is 2. The van der Waals surface area contributed by atoms with E-state index in [0.717, 1.165) is 54.9 Å². The molecule has 39 heavy (non-hydrogen) atoms. The van der Waals surface area contributed by atoms with Crippen LogP contribution in [0.2, 0.25) is 0 Å². The van der Waals surface area contributed by atoms with Gasteiger partial charge in [-0.3, -0.25) is 14.5 Å². The van der Waals surface area contributed by atoms with E-state index in [2.05, 4.69) is 10.2 Å². The van der Waals surface area contributed by atoms with Crippen LogP contribution in [0.25, 0.3) is 0 Å². The minimum absolute atomic E-state index is 0.0924. The van der Waals surface area contributed by atoms with Crippen LogP contribution in [0.15, 0.2) is 72.8 Å². The van der Waals surface area contributed by atoms with Gasteiger partial charge in [0, 0.05) is 50.2 Å². The van der Waals surface area contributed by atoms with E-state index in [-0.39, 0.29) is 29.6 Å². The summed E-state index contributed by atoms with van der Waals surface area (Å²) in [7, 11) is 1.62. The van der Waals surface area contributed by atoms with Crippen molar-refractivity contribution < 1.29 is 18.7 Å². The van der Waals surface area contributed by atoms with Crippen molar-refractivity contribution in [2.24, 2.45) is 5.92 Å². The predicted octanol–water partition coefficient (Wildman–Crippen LogP) is 5.41. The largest absolute Gasteiger partial charge is 0.497 e. The number of nitrogens with one attached hydrogen (secondary N) is 1. The molecule has 0 aliphatic carbocycles. The molecular formula is C32H38FN3O3. The van der Waals surface area contributed by atoms with Crippen molar-refractivity contribution in [1.29, 1.82) is 0 Å². The number of likely N-dealkylation sites (tertiary alicyclic amines) is 1. The topological polar surface area (TPSA) is 61.9 Å². The standard InChI is InChI=1S/C32H38FN3O3/c1-23(2)32(38)36(29-16-18-35(19-17-29)21-25-6-12-28(33)13-7-25)22-26-4-10-27(11-5-26)31(37)34-20-24-8-14-30(39-3)15-9-24/h4-15,23,29H,16-22H2,1-3H3,(H,34,37). The summed E-state index contributed by atoms with van der Waals surface area (Å²) in [6.07, 6.45) is 1.79. The van der Waals surface area contributed by atoms with Crippen molar-refractivity contribution in [2.75, 3.05) is 20.2 Å². The van der Waals surface area contributed by atoms with E-state index in [1.165, 1.54) is 12.1 Å². The maximum Gasteiger partial charge on any atom is 0.251 e. The molecule has 3 aromatic carbocycles. The molecule has 4 rings (SSSR count). The first kappa shape index (κ1) is 28.3. The Hall–Kier alpha value is -3.71. The third kappa shape index (κ3) is 7.90. The number of halogens is 1. The molecule has 0 spiro atoms. The van der Waals surface area contributed by atoms with Crippen molar-refractivity contribution in [3.63, 3.8) is 0 Å². The van der Waals surface area contributed by atoms with Crippen LogP contribution in [0.3, 0.4) is 0 Å². The monoisotopic (exact) mass is 531 g/mol. The predicted molar refractivity (Wildman–Crippen MR) is 151 cm³/mol. The van der Waals surface area contributed by atoms with Gasteiger partial charge in [-0.05, 0) is 65.9 Å². The third-order valence-electron chi connectivity index (χ3n) is 7.28. The van der Waals surface area contributed by atoms with Crippen LogP contribution in [0.1, 0.15) is 53.7 Å². The minimum atomic E-state index is -0.220. The summed E-state index contributed by atoms with van der Waals surface area (Å²) >= 11 is 0. The second-order valence-electron chi connectivity index (χ2n) is 10.5. The van der Waals surface area contributed by atoms with Crippen LogP contribution in [-0.2, 0) is 24.4 Å². The van der Waals surface area contributed by atoms with Crippen LogP contribution >= 0.6 is 0 Å². The fourth-order valence-corrected chi connectivity index (χ4v) is 4.94. The van der Waals surface area contributed by atoms with Gasteiger partial charge in [-0.1, -0.05) is 50.2 Å². The summed E-state index contributed by atoms with van der Waals surface area (Å²) in [6.45, 7) is 7.39. The maximum absolute atomic E-state index is 13.2. The van der Waals surface area contributed by atoms with E-state index in [1.807, 2.05) is 79.4 Å². The fraction of sp³-hybridized carbons (Fsp3) is 0.375. The Labute approximate surface area is 230 Å². The zero-order valence-corrected chi connectivity index (χ0v) is 23.0. The van der Waals surface area contributed by atoms with Gasteiger partial charge in [-0.25, -0.2) is 4.39 Å². The Morgan fingerprint density at radius 3 is 2.10 bits per heavy atom. The van der Waals surface area contributed by atoms with Gasteiger partial charge in [-0.2, -0.15) is 0 Å². The van der Waals surface area contributed by atoms with Gasteiger partial charge in [0.15, 0.2) is 0 Å². The SMILES string of the molecule is COc1ccc(CNC(=O)c2ccc(CN(C(=O)C(C)C)C3CCN(Cc4ccc(F)cc4)CC3)cc2)cc1. The van der Waals surface area contributed by atoms with Gasteiger partial charge in [0.2, 0.25) is 5.91 Å². The van der Waals surface area contributed by atoms with Crippen LogP contribution in [0.4, 0.5) is 4.39 Å². The van der Waals surface area contributed by atoms with E-state index in [1.54, 1.807) is 7.11 Å². The Morgan fingerprint density at radius 1 is 0.923 bits per heavy atom. The highest BCUT2D eigenvalue weighted by molar-refractivity contribution is 5.94. The highest BCUT2D eigenvalue weighted by Crippen LogP contribution is 2.23. The molecular weight excluding hydrogens is 493 g/mol. The molecule has 1 aliphatic rings. The zero-order chi connectivity index (χ0) is 27.8.